The number of benzene rings is 4. The summed E-state index contributed by atoms with van der Waals surface area (Å²) in [7, 11) is 1.37. The number of rotatable bonds is 7. The molecule has 45 heavy (non-hydrogen) atoms. The van der Waals surface area contributed by atoms with Crippen LogP contribution in [0.1, 0.15) is 44.4 Å². The molecule has 0 aromatic heterocycles. The highest BCUT2D eigenvalue weighted by molar-refractivity contribution is 6.25. The van der Waals surface area contributed by atoms with Gasteiger partial charge in [-0.2, -0.15) is 0 Å². The zero-order chi connectivity index (χ0) is 31.4. The fourth-order valence-corrected chi connectivity index (χ4v) is 7.05. The van der Waals surface area contributed by atoms with Crippen LogP contribution in [0.3, 0.4) is 0 Å². The van der Waals surface area contributed by atoms with Gasteiger partial charge in [0.1, 0.15) is 11.4 Å². The van der Waals surface area contributed by atoms with E-state index in [4.69, 9.17) is 9.47 Å². The normalized spacial score (nSPS) is 20.6. The minimum Gasteiger partial charge on any atom is -0.497 e. The highest BCUT2D eigenvalue weighted by atomic mass is 16.6. The van der Waals surface area contributed by atoms with E-state index in [2.05, 4.69) is 5.32 Å². The van der Waals surface area contributed by atoms with Gasteiger partial charge in [0.05, 0.1) is 35.1 Å². The van der Waals surface area contributed by atoms with Crippen molar-refractivity contribution in [2.75, 3.05) is 23.9 Å². The van der Waals surface area contributed by atoms with E-state index < -0.39 is 47.1 Å². The van der Waals surface area contributed by atoms with Crippen molar-refractivity contribution in [1.82, 2.24) is 0 Å². The first kappa shape index (κ1) is 28.0. The van der Waals surface area contributed by atoms with E-state index >= 15 is 0 Å². The molecule has 1 aliphatic heterocycles. The van der Waals surface area contributed by atoms with Crippen LogP contribution in [-0.4, -0.2) is 42.3 Å². The molecule has 4 aromatic carbocycles. The summed E-state index contributed by atoms with van der Waals surface area (Å²) in [6.45, 7) is -0.774. The predicted octanol–water partition coefficient (Wildman–Crippen LogP) is 4.80. The molecule has 0 saturated carbocycles. The van der Waals surface area contributed by atoms with Gasteiger partial charge in [-0.15, -0.1) is 0 Å². The molecule has 1 heterocycles. The van der Waals surface area contributed by atoms with Gasteiger partial charge in [0.2, 0.25) is 11.8 Å². The van der Waals surface area contributed by atoms with Crippen molar-refractivity contribution >= 4 is 40.8 Å². The van der Waals surface area contributed by atoms with E-state index in [9.17, 15) is 29.3 Å². The molecule has 11 heteroatoms. The number of ether oxygens (including phenoxy) is 2. The standard InChI is InChI=1S/C34H25N3O8/c1-44-18-14-15-26(37(42)43)24(16-18)35-27(38)17-45-34(41)23-12-6-7-13-25(23)36-32(39)30-28-19-8-2-3-9-20(19)29(31(30)33(36)40)22-11-5-4-10-21(22)28/h2-16,28-31H,17H2,1H3,(H,35,38)/t28?,29?,30-,31+. The summed E-state index contributed by atoms with van der Waals surface area (Å²) in [6.07, 6.45) is 0. The van der Waals surface area contributed by atoms with Crippen LogP contribution in [0.5, 0.6) is 5.75 Å². The third kappa shape index (κ3) is 4.35. The molecule has 1 fully saturated rings. The molecule has 4 aliphatic rings. The molecule has 0 spiro atoms. The first-order chi connectivity index (χ1) is 21.8. The molecule has 0 radical (unpaired) electrons. The van der Waals surface area contributed by atoms with E-state index in [-0.39, 0.29) is 40.2 Å². The number of hydrogen-bond donors (Lipinski definition) is 1. The number of carbonyl (C=O) groups is 4. The molecule has 3 amide bonds. The number of amides is 3. The number of methoxy groups -OCH3 is 1. The van der Waals surface area contributed by atoms with Crippen molar-refractivity contribution in [1.29, 1.82) is 0 Å². The Hall–Kier alpha value is -5.84. The Kier molecular flexibility index (Phi) is 6.65. The number of hydrogen-bond acceptors (Lipinski definition) is 8. The summed E-state index contributed by atoms with van der Waals surface area (Å²) in [5.41, 5.74) is 3.62. The van der Waals surface area contributed by atoms with E-state index in [1.165, 1.54) is 37.4 Å². The van der Waals surface area contributed by atoms with Gasteiger partial charge in [-0.3, -0.25) is 24.5 Å². The lowest BCUT2D eigenvalue weighted by atomic mass is 9.55. The number of imide groups is 1. The number of esters is 1. The highest BCUT2D eigenvalue weighted by Gasteiger charge is 2.62. The molecule has 4 aromatic rings. The van der Waals surface area contributed by atoms with Gasteiger partial charge in [-0.05, 0) is 40.5 Å². The maximum Gasteiger partial charge on any atom is 0.340 e. The molecule has 2 bridgehead atoms. The van der Waals surface area contributed by atoms with Crippen molar-refractivity contribution in [3.8, 4) is 5.75 Å². The lowest BCUT2D eigenvalue weighted by molar-refractivity contribution is -0.383. The molecule has 2 atom stereocenters. The van der Waals surface area contributed by atoms with Gasteiger partial charge in [0.15, 0.2) is 6.61 Å². The number of carbonyl (C=O) groups excluding carboxylic acids is 4. The van der Waals surface area contributed by atoms with Crippen molar-refractivity contribution in [3.05, 3.63) is 129 Å². The van der Waals surface area contributed by atoms with Crippen molar-refractivity contribution in [2.24, 2.45) is 11.8 Å². The van der Waals surface area contributed by atoms with Crippen LogP contribution in [-0.2, 0) is 19.1 Å². The number of nitro benzene ring substituents is 1. The molecule has 11 nitrogen and oxygen atoms in total. The molecular weight excluding hydrogens is 578 g/mol. The summed E-state index contributed by atoms with van der Waals surface area (Å²) in [6, 6.07) is 25.7. The van der Waals surface area contributed by atoms with Crippen LogP contribution in [0, 0.1) is 22.0 Å². The first-order valence-electron chi connectivity index (χ1n) is 14.2. The SMILES string of the molecule is COc1ccc([N+](=O)[O-])c(NC(=O)COC(=O)c2ccccc2N2C(=O)[C@@H]3C4c5ccccc5C(c5ccccc54)[C@@H]3C2=O)c1. The quantitative estimate of drug-likeness (QED) is 0.137. The van der Waals surface area contributed by atoms with Crippen LogP contribution in [0.25, 0.3) is 0 Å². The van der Waals surface area contributed by atoms with Gasteiger partial charge in [-0.25, -0.2) is 9.69 Å². The molecule has 0 unspecified atom stereocenters. The number of para-hydroxylation sites is 1. The second kappa shape index (κ2) is 10.7. The van der Waals surface area contributed by atoms with Crippen molar-refractivity contribution in [2.45, 2.75) is 11.8 Å². The zero-order valence-electron chi connectivity index (χ0n) is 23.8. The molecule has 1 saturated heterocycles. The van der Waals surface area contributed by atoms with Gasteiger partial charge >= 0.3 is 5.97 Å². The summed E-state index contributed by atoms with van der Waals surface area (Å²) < 4.78 is 10.3. The Morgan fingerprint density at radius 2 is 1.36 bits per heavy atom. The maximum atomic E-state index is 14.2. The van der Waals surface area contributed by atoms with Gasteiger partial charge < -0.3 is 14.8 Å². The lowest BCUT2D eigenvalue weighted by Crippen LogP contribution is -2.41. The predicted molar refractivity (Wildman–Crippen MR) is 161 cm³/mol. The van der Waals surface area contributed by atoms with Crippen LogP contribution in [0.2, 0.25) is 0 Å². The Bertz CT molecular complexity index is 1820. The average Bonchev–Trinajstić information content (AvgIpc) is 3.33. The van der Waals surface area contributed by atoms with Crippen LogP contribution < -0.4 is 15.0 Å². The van der Waals surface area contributed by atoms with E-state index in [1.54, 1.807) is 12.1 Å². The minimum atomic E-state index is -0.939. The molecular formula is C34H25N3O8. The van der Waals surface area contributed by atoms with E-state index in [0.29, 0.717) is 0 Å². The van der Waals surface area contributed by atoms with Gasteiger partial charge in [0, 0.05) is 24.0 Å². The summed E-state index contributed by atoms with van der Waals surface area (Å²) in [5, 5.41) is 13.8. The van der Waals surface area contributed by atoms with Gasteiger partial charge in [-0.1, -0.05) is 60.7 Å². The topological polar surface area (TPSA) is 145 Å². The lowest BCUT2D eigenvalue weighted by Gasteiger charge is -2.45. The largest absolute Gasteiger partial charge is 0.497 e. The number of anilines is 2. The fourth-order valence-electron chi connectivity index (χ4n) is 7.05. The number of nitrogens with zero attached hydrogens (tertiary/aromatic N) is 2. The summed E-state index contributed by atoms with van der Waals surface area (Å²) >= 11 is 0. The van der Waals surface area contributed by atoms with Crippen molar-refractivity contribution < 1.29 is 33.6 Å². The Morgan fingerprint density at radius 3 is 1.89 bits per heavy atom. The minimum absolute atomic E-state index is 0.0691. The smallest absolute Gasteiger partial charge is 0.340 e. The Labute approximate surface area is 256 Å². The number of nitro groups is 1. The molecule has 8 rings (SSSR count). The first-order valence-corrected chi connectivity index (χ1v) is 14.2. The zero-order valence-corrected chi connectivity index (χ0v) is 23.8. The Balaban J connectivity index is 1.15. The van der Waals surface area contributed by atoms with Crippen LogP contribution in [0.15, 0.2) is 91.0 Å². The second-order valence-corrected chi connectivity index (χ2v) is 11.1. The molecule has 1 N–H and O–H groups in total. The highest BCUT2D eigenvalue weighted by Crippen LogP contribution is 2.61. The Morgan fingerprint density at radius 1 is 0.822 bits per heavy atom. The monoisotopic (exact) mass is 603 g/mol. The molecule has 3 aliphatic carbocycles. The third-order valence-corrected chi connectivity index (χ3v) is 8.82. The van der Waals surface area contributed by atoms with Crippen LogP contribution >= 0.6 is 0 Å². The maximum absolute atomic E-state index is 14.2. The number of nitrogens with one attached hydrogen (secondary N) is 1. The fraction of sp³-hybridized carbons (Fsp3) is 0.176. The van der Waals surface area contributed by atoms with E-state index in [0.717, 1.165) is 27.2 Å². The average molecular weight is 604 g/mol. The van der Waals surface area contributed by atoms with E-state index in [1.807, 2.05) is 48.5 Å². The second-order valence-electron chi connectivity index (χ2n) is 11.1. The summed E-state index contributed by atoms with van der Waals surface area (Å²) in [4.78, 5) is 66.1. The summed E-state index contributed by atoms with van der Waals surface area (Å²) in [5.74, 6) is -4.17. The van der Waals surface area contributed by atoms with Crippen molar-refractivity contribution in [3.63, 3.8) is 0 Å². The third-order valence-electron chi connectivity index (χ3n) is 8.82. The van der Waals surface area contributed by atoms with Gasteiger partial charge in [0.25, 0.3) is 11.6 Å². The van der Waals surface area contributed by atoms with Crippen LogP contribution in [0.4, 0.5) is 17.1 Å². The molecule has 224 valence electrons.